The number of imidazole rings is 1. The number of hydrogen-bond acceptors (Lipinski definition) is 2. The van der Waals surface area contributed by atoms with Gasteiger partial charge in [-0.15, -0.1) is 0 Å². The summed E-state index contributed by atoms with van der Waals surface area (Å²) >= 11 is 0. The third kappa shape index (κ3) is 3.43. The van der Waals surface area contributed by atoms with Crippen molar-refractivity contribution >= 4 is 16.8 Å². The molecule has 0 radical (unpaired) electrons. The van der Waals surface area contributed by atoms with Crippen LogP contribution in [-0.2, 0) is 18.3 Å². The standard InChI is InChI=1S/C16H22N2O/c1-3-4-5-6-9-13(19)12-16-17-14-10-7-8-11-15(14)18(16)2/h7-8,10-11H,3-6,9,12H2,1-2H3. The van der Waals surface area contributed by atoms with Crippen molar-refractivity contribution in [3.05, 3.63) is 30.1 Å². The van der Waals surface area contributed by atoms with E-state index in [1.54, 1.807) is 0 Å². The van der Waals surface area contributed by atoms with Gasteiger partial charge < -0.3 is 4.57 Å². The Labute approximate surface area is 114 Å². The number of hydrogen-bond donors (Lipinski definition) is 0. The molecule has 1 heterocycles. The van der Waals surface area contributed by atoms with Gasteiger partial charge in [0.15, 0.2) is 0 Å². The molecule has 0 atom stereocenters. The van der Waals surface area contributed by atoms with Crippen LogP contribution in [0.25, 0.3) is 11.0 Å². The second-order valence-electron chi connectivity index (χ2n) is 5.10. The van der Waals surface area contributed by atoms with Crippen LogP contribution in [-0.4, -0.2) is 15.3 Å². The molecule has 2 aromatic rings. The lowest BCUT2D eigenvalue weighted by Gasteiger charge is -2.02. The van der Waals surface area contributed by atoms with Gasteiger partial charge in [0, 0.05) is 13.5 Å². The van der Waals surface area contributed by atoms with E-state index in [1.807, 2.05) is 35.9 Å². The van der Waals surface area contributed by atoms with Gasteiger partial charge in [0.05, 0.1) is 17.5 Å². The van der Waals surface area contributed by atoms with Gasteiger partial charge in [-0.25, -0.2) is 4.98 Å². The number of nitrogens with zero attached hydrogens (tertiary/aromatic N) is 2. The molecule has 0 aliphatic rings. The summed E-state index contributed by atoms with van der Waals surface area (Å²) in [5, 5.41) is 0. The number of para-hydroxylation sites is 2. The van der Waals surface area contributed by atoms with E-state index in [9.17, 15) is 4.79 Å². The molecule has 102 valence electrons. The van der Waals surface area contributed by atoms with Crippen LogP contribution < -0.4 is 0 Å². The lowest BCUT2D eigenvalue weighted by molar-refractivity contribution is -0.118. The Morgan fingerprint density at radius 1 is 1.21 bits per heavy atom. The average molecular weight is 258 g/mol. The molecule has 0 bridgehead atoms. The maximum Gasteiger partial charge on any atom is 0.140 e. The van der Waals surface area contributed by atoms with Gasteiger partial charge in [0.2, 0.25) is 0 Å². The zero-order valence-corrected chi connectivity index (χ0v) is 11.9. The van der Waals surface area contributed by atoms with Crippen molar-refractivity contribution in [3.63, 3.8) is 0 Å². The topological polar surface area (TPSA) is 34.9 Å². The summed E-state index contributed by atoms with van der Waals surface area (Å²) in [7, 11) is 1.98. The van der Waals surface area contributed by atoms with Gasteiger partial charge in [-0.1, -0.05) is 38.3 Å². The van der Waals surface area contributed by atoms with Gasteiger partial charge in [-0.3, -0.25) is 4.79 Å². The van der Waals surface area contributed by atoms with Crippen molar-refractivity contribution in [3.8, 4) is 0 Å². The van der Waals surface area contributed by atoms with E-state index in [-0.39, 0.29) is 0 Å². The number of rotatable bonds is 7. The van der Waals surface area contributed by atoms with Crippen molar-refractivity contribution in [2.24, 2.45) is 7.05 Å². The van der Waals surface area contributed by atoms with Crippen molar-refractivity contribution in [2.75, 3.05) is 0 Å². The molecule has 0 unspecified atom stereocenters. The lowest BCUT2D eigenvalue weighted by atomic mass is 10.1. The van der Waals surface area contributed by atoms with E-state index in [2.05, 4.69) is 11.9 Å². The quantitative estimate of drug-likeness (QED) is 0.710. The van der Waals surface area contributed by atoms with Crippen molar-refractivity contribution in [1.82, 2.24) is 9.55 Å². The number of benzene rings is 1. The minimum absolute atomic E-state index is 0.300. The molecule has 2 rings (SSSR count). The molecule has 0 saturated heterocycles. The van der Waals surface area contributed by atoms with Crippen LogP contribution in [0.2, 0.25) is 0 Å². The summed E-state index contributed by atoms with van der Waals surface area (Å²) < 4.78 is 2.03. The zero-order valence-electron chi connectivity index (χ0n) is 11.9. The Kier molecular flexibility index (Phi) is 4.72. The maximum atomic E-state index is 12.0. The maximum absolute atomic E-state index is 12.0. The summed E-state index contributed by atoms with van der Waals surface area (Å²) in [6, 6.07) is 8.01. The highest BCUT2D eigenvalue weighted by Gasteiger charge is 2.11. The van der Waals surface area contributed by atoms with Crippen LogP contribution in [0.3, 0.4) is 0 Å². The van der Waals surface area contributed by atoms with Gasteiger partial charge in [0.1, 0.15) is 11.6 Å². The molecule has 0 amide bonds. The fraction of sp³-hybridized carbons (Fsp3) is 0.500. The van der Waals surface area contributed by atoms with Crippen LogP contribution in [0.4, 0.5) is 0 Å². The SMILES string of the molecule is CCCCCCC(=O)Cc1nc2ccccc2n1C. The summed E-state index contributed by atoms with van der Waals surface area (Å²) in [6.45, 7) is 2.18. The fourth-order valence-corrected chi connectivity index (χ4v) is 2.37. The number of Topliss-reactive ketones (excluding diaryl/α,β-unsaturated/α-hetero) is 1. The molecule has 1 aromatic heterocycles. The molecular formula is C16H22N2O. The normalized spacial score (nSPS) is 11.1. The third-order valence-electron chi connectivity index (χ3n) is 3.54. The first kappa shape index (κ1) is 13.8. The van der Waals surface area contributed by atoms with Crippen molar-refractivity contribution in [2.45, 2.75) is 45.4 Å². The number of aryl methyl sites for hydroxylation is 1. The van der Waals surface area contributed by atoms with Gasteiger partial charge >= 0.3 is 0 Å². The molecule has 1 aromatic carbocycles. The van der Waals surface area contributed by atoms with Crippen molar-refractivity contribution < 1.29 is 4.79 Å². The zero-order chi connectivity index (χ0) is 13.7. The first-order chi connectivity index (χ1) is 9.22. The molecule has 3 heteroatoms. The lowest BCUT2D eigenvalue weighted by Crippen LogP contribution is -2.07. The molecule has 3 nitrogen and oxygen atoms in total. The number of aromatic nitrogens is 2. The van der Waals surface area contributed by atoms with E-state index in [0.29, 0.717) is 18.6 Å². The third-order valence-corrected chi connectivity index (χ3v) is 3.54. The number of unbranched alkanes of at least 4 members (excludes halogenated alkanes) is 3. The van der Waals surface area contributed by atoms with Gasteiger partial charge in [0.25, 0.3) is 0 Å². The largest absolute Gasteiger partial charge is 0.331 e. The minimum atomic E-state index is 0.300. The molecule has 19 heavy (non-hydrogen) atoms. The molecule has 0 fully saturated rings. The van der Waals surface area contributed by atoms with E-state index in [4.69, 9.17) is 0 Å². The number of ketones is 1. The van der Waals surface area contributed by atoms with E-state index < -0.39 is 0 Å². The highest BCUT2D eigenvalue weighted by molar-refractivity contribution is 5.82. The average Bonchev–Trinajstić information content (AvgIpc) is 2.72. The monoisotopic (exact) mass is 258 g/mol. The van der Waals surface area contributed by atoms with Gasteiger partial charge in [-0.05, 0) is 18.6 Å². The Morgan fingerprint density at radius 2 is 2.00 bits per heavy atom. The predicted molar refractivity (Wildman–Crippen MR) is 78.2 cm³/mol. The first-order valence-electron chi connectivity index (χ1n) is 7.14. The molecule has 0 saturated carbocycles. The first-order valence-corrected chi connectivity index (χ1v) is 7.14. The van der Waals surface area contributed by atoms with E-state index in [0.717, 1.165) is 29.7 Å². The number of fused-ring (bicyclic) bond motifs is 1. The Hall–Kier alpha value is -1.64. The molecule has 0 aliphatic heterocycles. The summed E-state index contributed by atoms with van der Waals surface area (Å²) in [5.74, 6) is 1.18. The predicted octanol–water partition coefficient (Wildman–Crippen LogP) is 3.66. The Balaban J connectivity index is 1.97. The highest BCUT2D eigenvalue weighted by Crippen LogP contribution is 2.15. The van der Waals surface area contributed by atoms with Crippen LogP contribution in [0.1, 0.15) is 44.9 Å². The Bertz CT molecular complexity index is 557. The fourth-order valence-electron chi connectivity index (χ4n) is 2.37. The van der Waals surface area contributed by atoms with Crippen LogP contribution in [0.15, 0.2) is 24.3 Å². The second kappa shape index (κ2) is 6.50. The van der Waals surface area contributed by atoms with E-state index in [1.165, 1.54) is 12.8 Å². The summed E-state index contributed by atoms with van der Waals surface area (Å²) in [6.07, 6.45) is 5.74. The number of carbonyl (C=O) groups excluding carboxylic acids is 1. The van der Waals surface area contributed by atoms with Crippen molar-refractivity contribution in [1.29, 1.82) is 0 Å². The molecular weight excluding hydrogens is 236 g/mol. The molecule has 0 spiro atoms. The van der Waals surface area contributed by atoms with E-state index >= 15 is 0 Å². The molecule has 0 aliphatic carbocycles. The van der Waals surface area contributed by atoms with Crippen LogP contribution >= 0.6 is 0 Å². The number of carbonyl (C=O) groups is 1. The van der Waals surface area contributed by atoms with Crippen LogP contribution in [0, 0.1) is 0 Å². The molecule has 0 N–H and O–H groups in total. The van der Waals surface area contributed by atoms with Gasteiger partial charge in [-0.2, -0.15) is 0 Å². The summed E-state index contributed by atoms with van der Waals surface area (Å²) in [5.41, 5.74) is 2.06. The minimum Gasteiger partial charge on any atom is -0.331 e. The smallest absolute Gasteiger partial charge is 0.140 e. The van der Waals surface area contributed by atoms with Crippen LogP contribution in [0.5, 0.6) is 0 Å². The second-order valence-corrected chi connectivity index (χ2v) is 5.10. The summed E-state index contributed by atoms with van der Waals surface area (Å²) in [4.78, 5) is 16.5. The Morgan fingerprint density at radius 3 is 2.74 bits per heavy atom. The highest BCUT2D eigenvalue weighted by atomic mass is 16.1.